The second kappa shape index (κ2) is 2.36. The van der Waals surface area contributed by atoms with Crippen LogP contribution in [-0.4, -0.2) is 21.8 Å². The summed E-state index contributed by atoms with van der Waals surface area (Å²) in [5, 5.41) is 25.0. The highest BCUT2D eigenvalue weighted by Gasteiger charge is 2.67. The van der Waals surface area contributed by atoms with Gasteiger partial charge in [-0.2, -0.15) is 0 Å². The SMILES string of the molecule is O/N=C1\C[C@@H]2[C@H]3C/C(=N\O)[C@H]4[C@@H]3C[C@H]2[C@H]14. The van der Waals surface area contributed by atoms with E-state index < -0.39 is 0 Å². The van der Waals surface area contributed by atoms with E-state index in [1.54, 1.807) is 0 Å². The second-order valence-electron chi connectivity index (χ2n) is 5.53. The molecule has 0 spiro atoms. The van der Waals surface area contributed by atoms with Crippen LogP contribution < -0.4 is 0 Å². The lowest BCUT2D eigenvalue weighted by Crippen LogP contribution is -2.26. The van der Waals surface area contributed by atoms with E-state index in [0.29, 0.717) is 23.7 Å². The summed E-state index contributed by atoms with van der Waals surface area (Å²) in [5.74, 6) is 3.65. The number of rotatable bonds is 0. The van der Waals surface area contributed by atoms with Gasteiger partial charge in [-0.05, 0) is 42.9 Å². The maximum Gasteiger partial charge on any atom is 0.0614 e. The molecule has 4 fully saturated rings. The number of fused-ring (bicyclic) bond motifs is 2. The Balaban J connectivity index is 1.87. The first kappa shape index (κ1) is 8.13. The molecule has 2 bridgehead atoms. The largest absolute Gasteiger partial charge is 0.411 e. The molecule has 6 atom stereocenters. The van der Waals surface area contributed by atoms with Gasteiger partial charge in [-0.15, -0.1) is 0 Å². The van der Waals surface area contributed by atoms with E-state index in [-0.39, 0.29) is 0 Å². The highest BCUT2D eigenvalue weighted by atomic mass is 16.4. The number of hydrogen-bond donors (Lipinski definition) is 2. The van der Waals surface area contributed by atoms with E-state index in [4.69, 9.17) is 10.4 Å². The summed E-state index contributed by atoms with van der Waals surface area (Å²) in [5.41, 5.74) is 1.95. The van der Waals surface area contributed by atoms with Crippen LogP contribution in [-0.2, 0) is 0 Å². The molecule has 0 unspecified atom stereocenters. The van der Waals surface area contributed by atoms with Gasteiger partial charge in [0.05, 0.1) is 11.4 Å². The van der Waals surface area contributed by atoms with Crippen molar-refractivity contribution >= 4 is 11.4 Å². The standard InChI is InChI=1S/C11H14N2O2/c14-12-8-2-4-5-3-9(13-15)11-7(5)1-6(4)10(8)11/h4-7,10-11,14-15H,1-3H2/b12-8+,13-9+/t4-,5-,6-,7-,10-,11-/m1/s1. The zero-order valence-corrected chi connectivity index (χ0v) is 8.37. The molecule has 2 N–H and O–H groups in total. The lowest BCUT2D eigenvalue weighted by molar-refractivity contribution is 0.240. The molecule has 4 saturated carbocycles. The Kier molecular flexibility index (Phi) is 1.28. The number of nitrogens with zero attached hydrogens (tertiary/aromatic N) is 2. The predicted molar refractivity (Wildman–Crippen MR) is 53.2 cm³/mol. The fourth-order valence-corrected chi connectivity index (χ4v) is 5.14. The highest BCUT2D eigenvalue weighted by Crippen LogP contribution is 2.68. The summed E-state index contributed by atoms with van der Waals surface area (Å²) in [7, 11) is 0. The molecule has 4 nitrogen and oxygen atoms in total. The predicted octanol–water partition coefficient (Wildman–Crippen LogP) is 1.57. The first-order valence-electron chi connectivity index (χ1n) is 5.76. The third-order valence-corrected chi connectivity index (χ3v) is 5.42. The molecule has 0 aliphatic heterocycles. The van der Waals surface area contributed by atoms with Crippen LogP contribution in [0.2, 0.25) is 0 Å². The van der Waals surface area contributed by atoms with E-state index in [1.165, 1.54) is 6.42 Å². The Morgan fingerprint density at radius 1 is 0.800 bits per heavy atom. The molecule has 0 radical (unpaired) electrons. The molecule has 15 heavy (non-hydrogen) atoms. The second-order valence-corrected chi connectivity index (χ2v) is 5.53. The molecule has 4 aliphatic carbocycles. The van der Waals surface area contributed by atoms with Crippen LogP contribution in [0, 0.1) is 35.5 Å². The van der Waals surface area contributed by atoms with E-state index in [2.05, 4.69) is 10.3 Å². The summed E-state index contributed by atoms with van der Waals surface area (Å²) < 4.78 is 0. The lowest BCUT2D eigenvalue weighted by atomic mass is 9.79. The minimum absolute atomic E-state index is 0.398. The Bertz CT molecular complexity index is 350. The third kappa shape index (κ3) is 0.703. The van der Waals surface area contributed by atoms with Gasteiger partial charge in [0.25, 0.3) is 0 Å². The summed E-state index contributed by atoms with van der Waals surface area (Å²) in [6, 6.07) is 0. The van der Waals surface area contributed by atoms with E-state index in [1.807, 2.05) is 0 Å². The molecule has 0 aromatic heterocycles. The minimum Gasteiger partial charge on any atom is -0.411 e. The monoisotopic (exact) mass is 206 g/mol. The van der Waals surface area contributed by atoms with Gasteiger partial charge in [-0.25, -0.2) is 0 Å². The summed E-state index contributed by atoms with van der Waals surface area (Å²) >= 11 is 0. The number of oxime groups is 2. The fraction of sp³-hybridized carbons (Fsp3) is 0.818. The van der Waals surface area contributed by atoms with Crippen LogP contribution in [0.4, 0.5) is 0 Å². The topological polar surface area (TPSA) is 65.2 Å². The van der Waals surface area contributed by atoms with Crippen molar-refractivity contribution in [3.8, 4) is 0 Å². The molecule has 0 heterocycles. The van der Waals surface area contributed by atoms with E-state index >= 15 is 0 Å². The van der Waals surface area contributed by atoms with Crippen molar-refractivity contribution in [2.24, 2.45) is 45.8 Å². The molecule has 0 aromatic carbocycles. The van der Waals surface area contributed by atoms with Crippen LogP contribution in [0.5, 0.6) is 0 Å². The first-order valence-corrected chi connectivity index (χ1v) is 5.76. The average molecular weight is 206 g/mol. The Hall–Kier alpha value is -1.06. The molecular formula is C11H14N2O2. The van der Waals surface area contributed by atoms with Gasteiger partial charge in [0.1, 0.15) is 0 Å². The maximum absolute atomic E-state index is 9.02. The quantitative estimate of drug-likeness (QED) is 0.466. The summed E-state index contributed by atoms with van der Waals surface area (Å²) in [6.45, 7) is 0. The Morgan fingerprint density at radius 3 is 1.67 bits per heavy atom. The number of hydrogen-bond acceptors (Lipinski definition) is 4. The van der Waals surface area contributed by atoms with Gasteiger partial charge in [0.2, 0.25) is 0 Å². The summed E-state index contributed by atoms with van der Waals surface area (Å²) in [6.07, 6.45) is 3.24. The third-order valence-electron chi connectivity index (χ3n) is 5.42. The molecule has 80 valence electrons. The van der Waals surface area contributed by atoms with Crippen molar-refractivity contribution in [3.05, 3.63) is 0 Å². The Labute approximate surface area is 87.7 Å². The molecule has 0 aromatic rings. The zero-order valence-electron chi connectivity index (χ0n) is 8.37. The van der Waals surface area contributed by atoms with Crippen molar-refractivity contribution in [3.63, 3.8) is 0 Å². The van der Waals surface area contributed by atoms with Gasteiger partial charge < -0.3 is 10.4 Å². The Morgan fingerprint density at radius 2 is 1.27 bits per heavy atom. The fourth-order valence-electron chi connectivity index (χ4n) is 5.14. The van der Waals surface area contributed by atoms with Gasteiger partial charge >= 0.3 is 0 Å². The van der Waals surface area contributed by atoms with Crippen LogP contribution in [0.25, 0.3) is 0 Å². The van der Waals surface area contributed by atoms with Crippen LogP contribution >= 0.6 is 0 Å². The summed E-state index contributed by atoms with van der Waals surface area (Å²) in [4.78, 5) is 0. The average Bonchev–Trinajstić information content (AvgIpc) is 2.83. The zero-order chi connectivity index (χ0) is 10.2. The van der Waals surface area contributed by atoms with Gasteiger partial charge in [0, 0.05) is 11.8 Å². The highest BCUT2D eigenvalue weighted by molar-refractivity contribution is 6.00. The minimum atomic E-state index is 0.398. The van der Waals surface area contributed by atoms with Crippen molar-refractivity contribution in [2.45, 2.75) is 19.3 Å². The molecule has 4 rings (SSSR count). The molecular weight excluding hydrogens is 192 g/mol. The smallest absolute Gasteiger partial charge is 0.0614 e. The maximum atomic E-state index is 9.02. The van der Waals surface area contributed by atoms with Crippen molar-refractivity contribution in [1.82, 2.24) is 0 Å². The van der Waals surface area contributed by atoms with Crippen LogP contribution in [0.3, 0.4) is 0 Å². The van der Waals surface area contributed by atoms with E-state index in [0.717, 1.165) is 36.1 Å². The molecule has 4 aliphatic rings. The normalized spacial score (nSPS) is 60.0. The molecule has 4 heteroatoms. The first-order chi connectivity index (χ1) is 7.35. The van der Waals surface area contributed by atoms with Crippen molar-refractivity contribution in [1.29, 1.82) is 0 Å². The van der Waals surface area contributed by atoms with Crippen LogP contribution in [0.1, 0.15) is 19.3 Å². The van der Waals surface area contributed by atoms with Crippen molar-refractivity contribution in [2.75, 3.05) is 0 Å². The molecule has 0 saturated heterocycles. The van der Waals surface area contributed by atoms with Gasteiger partial charge in [-0.3, -0.25) is 0 Å². The van der Waals surface area contributed by atoms with Gasteiger partial charge in [0.15, 0.2) is 0 Å². The van der Waals surface area contributed by atoms with E-state index in [9.17, 15) is 0 Å². The lowest BCUT2D eigenvalue weighted by Gasteiger charge is -2.24. The van der Waals surface area contributed by atoms with Crippen molar-refractivity contribution < 1.29 is 10.4 Å². The molecule has 0 amide bonds. The van der Waals surface area contributed by atoms with Crippen LogP contribution in [0.15, 0.2) is 10.3 Å². The van der Waals surface area contributed by atoms with Gasteiger partial charge in [-0.1, -0.05) is 10.3 Å².